The molecule has 4 heterocycles. The molecule has 2 aliphatic rings. The number of hydrogen-bond donors (Lipinski definition) is 5. The van der Waals surface area contributed by atoms with Crippen LogP contribution in [-0.4, -0.2) is 76.9 Å². The van der Waals surface area contributed by atoms with Crippen molar-refractivity contribution in [3.63, 3.8) is 0 Å². The fourth-order valence-corrected chi connectivity index (χ4v) is 7.26. The maximum Gasteiger partial charge on any atom is 0.340 e. The molecule has 16 heteroatoms. The second-order valence-corrected chi connectivity index (χ2v) is 13.0. The molecule has 3 aromatic rings. The molecule has 2 aromatic heterocycles. The lowest BCUT2D eigenvalue weighted by Gasteiger charge is -2.21. The zero-order valence-electron chi connectivity index (χ0n) is 18.5. The van der Waals surface area contributed by atoms with Crippen LogP contribution in [0.15, 0.2) is 36.5 Å². The van der Waals surface area contributed by atoms with E-state index in [9.17, 15) is 24.2 Å². The van der Waals surface area contributed by atoms with Crippen LogP contribution >= 0.6 is 26.8 Å². The Kier molecular flexibility index (Phi) is 6.76. The fraction of sp³-hybridized carbons (Fsp3) is 0.400. The van der Waals surface area contributed by atoms with Gasteiger partial charge in [-0.25, -0.2) is 9.50 Å². The fourth-order valence-electron chi connectivity index (χ4n) is 4.51. The van der Waals surface area contributed by atoms with E-state index < -0.39 is 52.1 Å². The van der Waals surface area contributed by atoms with Gasteiger partial charge in [-0.05, 0) is 18.1 Å². The second kappa shape index (κ2) is 9.45. The van der Waals surface area contributed by atoms with Gasteiger partial charge in [0.15, 0.2) is 16.9 Å². The van der Waals surface area contributed by atoms with Crippen LogP contribution < -0.4 is 4.90 Å². The number of ether oxygens (including phenoxy) is 1. The van der Waals surface area contributed by atoms with Gasteiger partial charge in [-0.15, -0.1) is 0 Å². The zero-order chi connectivity index (χ0) is 25.8. The van der Waals surface area contributed by atoms with Gasteiger partial charge in [0.25, 0.3) is 0 Å². The summed E-state index contributed by atoms with van der Waals surface area (Å²) in [6.07, 6.45) is -3.12. The van der Waals surface area contributed by atoms with Crippen molar-refractivity contribution >= 4 is 43.7 Å². The molecule has 1 aromatic carbocycles. The highest BCUT2D eigenvalue weighted by molar-refractivity contribution is 7.70. The summed E-state index contributed by atoms with van der Waals surface area (Å²) in [6, 6.07) is 9.68. The summed E-state index contributed by atoms with van der Waals surface area (Å²) in [5, 5.41) is 25.5. The topological polar surface area (TPSA) is 187 Å². The molecule has 2 aliphatic heterocycles. The van der Waals surface area contributed by atoms with Crippen molar-refractivity contribution in [3.8, 4) is 0 Å². The maximum atomic E-state index is 11.9. The van der Waals surface area contributed by atoms with Crippen molar-refractivity contribution in [2.24, 2.45) is 0 Å². The van der Waals surface area contributed by atoms with Gasteiger partial charge in [-0.3, -0.25) is 9.13 Å². The van der Waals surface area contributed by atoms with E-state index in [1.807, 2.05) is 18.2 Å². The summed E-state index contributed by atoms with van der Waals surface area (Å²) in [7, 11) is -9.50. The third kappa shape index (κ3) is 4.97. The number of imidazole rings is 1. The van der Waals surface area contributed by atoms with Crippen LogP contribution in [-0.2, 0) is 24.8 Å². The molecule has 194 valence electrons. The molecular weight excluding hydrogens is 538 g/mol. The Balaban J connectivity index is 1.41. The van der Waals surface area contributed by atoms with Gasteiger partial charge in [0.05, 0.1) is 18.5 Å². The number of rotatable bonds is 7. The lowest BCUT2D eigenvalue weighted by molar-refractivity contribution is -0.0217. The summed E-state index contributed by atoms with van der Waals surface area (Å²) in [5.74, 6) is -1.25. The molecule has 0 spiro atoms. The molecular formula is C20H23ClN4O9P2. The van der Waals surface area contributed by atoms with Crippen molar-refractivity contribution in [1.82, 2.24) is 14.6 Å². The predicted molar refractivity (Wildman–Crippen MR) is 127 cm³/mol. The van der Waals surface area contributed by atoms with Crippen LogP contribution in [0.25, 0.3) is 5.52 Å². The molecule has 0 saturated carbocycles. The first-order valence-corrected chi connectivity index (χ1v) is 14.8. The normalized spacial score (nSPS) is 25.9. The Morgan fingerprint density at radius 1 is 1.14 bits per heavy atom. The molecule has 1 saturated heterocycles. The summed E-state index contributed by atoms with van der Waals surface area (Å²) in [5.41, 5.74) is 3.53. The van der Waals surface area contributed by atoms with Crippen molar-refractivity contribution in [1.29, 1.82) is 0 Å². The first kappa shape index (κ1) is 25.7. The van der Waals surface area contributed by atoms with Crippen LogP contribution in [0.5, 0.6) is 0 Å². The molecule has 36 heavy (non-hydrogen) atoms. The smallest absolute Gasteiger partial charge is 0.340 e. The van der Waals surface area contributed by atoms with E-state index in [4.69, 9.17) is 30.6 Å². The minimum atomic E-state index is -4.82. The first-order valence-electron chi connectivity index (χ1n) is 10.9. The highest BCUT2D eigenvalue weighted by atomic mass is 35.5. The summed E-state index contributed by atoms with van der Waals surface area (Å²) in [6.45, 7) is 0.0161. The lowest BCUT2D eigenvalue weighted by Crippen LogP contribution is -2.33. The Hall–Kier alpha value is -1.89. The highest BCUT2D eigenvalue weighted by Crippen LogP contribution is 2.55. The number of benzene rings is 1. The number of nitrogens with zero attached hydrogens (tertiary/aromatic N) is 4. The third-order valence-electron chi connectivity index (χ3n) is 6.08. The van der Waals surface area contributed by atoms with E-state index in [2.05, 4.69) is 21.0 Å². The van der Waals surface area contributed by atoms with Crippen LogP contribution in [0, 0.1) is 0 Å². The van der Waals surface area contributed by atoms with Crippen molar-refractivity contribution in [2.75, 3.05) is 24.0 Å². The number of halogens is 1. The minimum Gasteiger partial charge on any atom is -0.387 e. The third-order valence-corrected chi connectivity index (χ3v) is 9.72. The second-order valence-electron chi connectivity index (χ2n) is 8.61. The standard InChI is InChI=1S/C20H23ClN4O9P2/c21-16-7-13(24-6-5-11-3-1-2-4-12(11)24)14-8-22-20(25(14)23-16)19-18(27)17(26)15(34-19)9-33-36(31,32)10-35(28,29)30/h1-4,7-8,15,17-19,26-27H,5-6,9-10H2,(H,31,32)(H2,28,29,30)/t15-,17-,18-,19-/m1/s1. The van der Waals surface area contributed by atoms with Gasteiger partial charge in [0.2, 0.25) is 0 Å². The molecule has 0 radical (unpaired) electrons. The minimum absolute atomic E-state index is 0.137. The van der Waals surface area contributed by atoms with E-state index in [-0.39, 0.29) is 11.0 Å². The Labute approximate surface area is 209 Å². The molecule has 5 N–H and O–H groups in total. The van der Waals surface area contributed by atoms with E-state index >= 15 is 0 Å². The zero-order valence-corrected chi connectivity index (χ0v) is 21.1. The van der Waals surface area contributed by atoms with Gasteiger partial charge in [-0.1, -0.05) is 29.8 Å². The highest BCUT2D eigenvalue weighted by Gasteiger charge is 2.46. The van der Waals surface area contributed by atoms with Crippen molar-refractivity contribution < 1.29 is 43.3 Å². The van der Waals surface area contributed by atoms with Gasteiger partial charge in [-0.2, -0.15) is 5.10 Å². The van der Waals surface area contributed by atoms with Crippen LogP contribution in [0.2, 0.25) is 5.15 Å². The van der Waals surface area contributed by atoms with Gasteiger partial charge < -0.3 is 39.1 Å². The molecule has 1 fully saturated rings. The molecule has 5 atom stereocenters. The van der Waals surface area contributed by atoms with Crippen molar-refractivity contribution in [2.45, 2.75) is 30.8 Å². The average molecular weight is 561 g/mol. The Bertz CT molecular complexity index is 1400. The van der Waals surface area contributed by atoms with Crippen LogP contribution in [0.1, 0.15) is 17.5 Å². The monoisotopic (exact) mass is 560 g/mol. The first-order chi connectivity index (χ1) is 16.9. The number of para-hydroxylation sites is 1. The van der Waals surface area contributed by atoms with E-state index in [1.165, 1.54) is 10.1 Å². The number of aliphatic hydroxyl groups is 2. The molecule has 1 unspecified atom stereocenters. The van der Waals surface area contributed by atoms with Gasteiger partial charge in [0, 0.05) is 18.3 Å². The number of aliphatic hydroxyl groups excluding tert-OH is 2. The Morgan fingerprint density at radius 3 is 2.64 bits per heavy atom. The predicted octanol–water partition coefficient (Wildman–Crippen LogP) is 1.58. The van der Waals surface area contributed by atoms with E-state index in [0.717, 1.165) is 17.8 Å². The van der Waals surface area contributed by atoms with E-state index in [1.54, 1.807) is 12.3 Å². The Morgan fingerprint density at radius 2 is 1.89 bits per heavy atom. The molecule has 0 amide bonds. The van der Waals surface area contributed by atoms with Gasteiger partial charge in [0.1, 0.15) is 29.9 Å². The summed E-state index contributed by atoms with van der Waals surface area (Å²) < 4.78 is 34.8. The largest absolute Gasteiger partial charge is 0.387 e. The van der Waals surface area contributed by atoms with Crippen LogP contribution in [0.3, 0.4) is 0 Å². The number of aromatic nitrogens is 3. The quantitative estimate of drug-likeness (QED) is 0.263. The lowest BCUT2D eigenvalue weighted by atomic mass is 10.1. The van der Waals surface area contributed by atoms with Crippen molar-refractivity contribution in [3.05, 3.63) is 53.1 Å². The van der Waals surface area contributed by atoms with Gasteiger partial charge >= 0.3 is 15.2 Å². The molecule has 0 aliphatic carbocycles. The molecule has 5 rings (SSSR count). The van der Waals surface area contributed by atoms with Crippen LogP contribution in [0.4, 0.5) is 11.4 Å². The summed E-state index contributed by atoms with van der Waals surface area (Å²) in [4.78, 5) is 34.0. The molecule has 13 nitrogen and oxygen atoms in total. The SMILES string of the molecule is O=P(O)(O)CP(=O)(O)OC[C@H]1O[C@@H](c2ncc3c(N4CCc5ccccc54)cc(Cl)nn23)[C@H](O)[C@@H]1O. The number of fused-ring (bicyclic) bond motifs is 2. The maximum absolute atomic E-state index is 11.9. The average Bonchev–Trinajstić information content (AvgIpc) is 3.47. The number of anilines is 2. The number of hydrogen-bond acceptors (Lipinski definition) is 9. The molecule has 0 bridgehead atoms. The summed E-state index contributed by atoms with van der Waals surface area (Å²) >= 11 is 6.33. The van der Waals surface area contributed by atoms with E-state index in [0.29, 0.717) is 12.1 Å².